The number of fused-ring (bicyclic) bond motifs is 4. The predicted octanol–water partition coefficient (Wildman–Crippen LogP) is 3.07. The standard InChI is InChI=1S/C24H20FN9O/c1-31-13-15(9-27-31)34(12-14-11-33-6-4-3-5-21(33)29-14)24(35)16-7-17-20(8-19(16)25)30-23(26)18-10-28-32(2)22(17)18/h3-11,13H,12H2,1-2H3,(H2,26,30). The van der Waals surface area contributed by atoms with E-state index in [2.05, 4.69) is 20.2 Å². The van der Waals surface area contributed by atoms with Gasteiger partial charge in [0.2, 0.25) is 0 Å². The number of anilines is 2. The molecule has 6 rings (SSSR count). The van der Waals surface area contributed by atoms with Crippen molar-refractivity contribution < 1.29 is 9.18 Å². The number of hydrogen-bond donors (Lipinski definition) is 1. The van der Waals surface area contributed by atoms with Gasteiger partial charge in [0.1, 0.15) is 17.3 Å². The van der Waals surface area contributed by atoms with Gasteiger partial charge in [-0.2, -0.15) is 10.2 Å². The summed E-state index contributed by atoms with van der Waals surface area (Å²) in [6.45, 7) is 0.130. The van der Waals surface area contributed by atoms with Gasteiger partial charge in [-0.25, -0.2) is 14.4 Å². The molecule has 0 bridgehead atoms. The Balaban J connectivity index is 1.49. The number of aromatic nitrogens is 7. The number of nitrogens with two attached hydrogens (primary N) is 1. The number of rotatable bonds is 4. The molecule has 6 aromatic rings. The van der Waals surface area contributed by atoms with Gasteiger partial charge < -0.3 is 10.1 Å². The summed E-state index contributed by atoms with van der Waals surface area (Å²) in [6.07, 6.45) is 8.59. The fraction of sp³-hybridized carbons (Fsp3) is 0.125. The predicted molar refractivity (Wildman–Crippen MR) is 129 cm³/mol. The second-order valence-electron chi connectivity index (χ2n) is 8.34. The molecule has 1 amide bonds. The lowest BCUT2D eigenvalue weighted by Crippen LogP contribution is -2.31. The highest BCUT2D eigenvalue weighted by molar-refractivity contribution is 6.12. The van der Waals surface area contributed by atoms with Gasteiger partial charge in [-0.1, -0.05) is 6.07 Å². The van der Waals surface area contributed by atoms with Crippen LogP contribution >= 0.6 is 0 Å². The lowest BCUT2D eigenvalue weighted by Gasteiger charge is -2.21. The average molecular weight is 469 g/mol. The Morgan fingerprint density at radius 1 is 1.09 bits per heavy atom. The number of benzene rings is 1. The molecule has 0 radical (unpaired) electrons. The first-order valence-electron chi connectivity index (χ1n) is 10.8. The number of halogens is 1. The van der Waals surface area contributed by atoms with Crippen LogP contribution in [0.3, 0.4) is 0 Å². The van der Waals surface area contributed by atoms with Crippen LogP contribution in [-0.4, -0.2) is 39.8 Å². The minimum absolute atomic E-state index is 0.0980. The van der Waals surface area contributed by atoms with Crippen LogP contribution in [0.25, 0.3) is 27.5 Å². The Kier molecular flexibility index (Phi) is 4.53. The molecule has 2 N–H and O–H groups in total. The largest absolute Gasteiger partial charge is 0.383 e. The maximum Gasteiger partial charge on any atom is 0.261 e. The van der Waals surface area contributed by atoms with Crippen molar-refractivity contribution in [3.8, 4) is 0 Å². The summed E-state index contributed by atoms with van der Waals surface area (Å²) in [5, 5.41) is 9.66. The topological polar surface area (TPSA) is 112 Å². The highest BCUT2D eigenvalue weighted by Crippen LogP contribution is 2.30. The SMILES string of the molecule is Cn1cc(N(Cc2cn3ccccc3n2)C(=O)c2cc3c(cc2F)nc(N)c2cnn(C)c23)cn1. The Labute approximate surface area is 198 Å². The summed E-state index contributed by atoms with van der Waals surface area (Å²) in [6, 6.07) is 8.41. The zero-order valence-electron chi connectivity index (χ0n) is 18.9. The molecule has 10 nitrogen and oxygen atoms in total. The quantitative estimate of drug-likeness (QED) is 0.425. The molecule has 0 aliphatic carbocycles. The molecule has 0 atom stereocenters. The van der Waals surface area contributed by atoms with Crippen molar-refractivity contribution >= 4 is 44.9 Å². The molecule has 0 spiro atoms. The zero-order chi connectivity index (χ0) is 24.3. The van der Waals surface area contributed by atoms with Crippen molar-refractivity contribution in [2.24, 2.45) is 14.1 Å². The van der Waals surface area contributed by atoms with E-state index < -0.39 is 11.7 Å². The van der Waals surface area contributed by atoms with E-state index in [1.165, 1.54) is 17.0 Å². The number of imidazole rings is 1. The van der Waals surface area contributed by atoms with E-state index in [4.69, 9.17) is 5.73 Å². The Morgan fingerprint density at radius 2 is 1.94 bits per heavy atom. The number of nitrogen functional groups attached to an aromatic ring is 1. The average Bonchev–Trinajstić information content (AvgIpc) is 3.55. The molecule has 35 heavy (non-hydrogen) atoms. The van der Waals surface area contributed by atoms with E-state index in [1.54, 1.807) is 42.0 Å². The lowest BCUT2D eigenvalue weighted by molar-refractivity contribution is 0.0981. The van der Waals surface area contributed by atoms with Gasteiger partial charge in [0, 0.05) is 44.1 Å². The molecule has 0 aliphatic heterocycles. The first kappa shape index (κ1) is 20.8. The van der Waals surface area contributed by atoms with Gasteiger partial charge in [0.25, 0.3) is 5.91 Å². The summed E-state index contributed by atoms with van der Waals surface area (Å²) >= 11 is 0. The van der Waals surface area contributed by atoms with Crippen molar-refractivity contribution in [3.05, 3.63) is 78.4 Å². The molecule has 174 valence electrons. The number of amides is 1. The van der Waals surface area contributed by atoms with Gasteiger partial charge >= 0.3 is 0 Å². The highest BCUT2D eigenvalue weighted by atomic mass is 19.1. The van der Waals surface area contributed by atoms with Crippen LogP contribution in [0.2, 0.25) is 0 Å². The molecular weight excluding hydrogens is 449 g/mol. The number of pyridine rings is 2. The van der Waals surface area contributed by atoms with Crippen molar-refractivity contribution in [1.29, 1.82) is 0 Å². The third-order valence-electron chi connectivity index (χ3n) is 6.01. The minimum atomic E-state index is -0.695. The van der Waals surface area contributed by atoms with Gasteiger partial charge in [0.05, 0.1) is 52.3 Å². The maximum absolute atomic E-state index is 15.3. The summed E-state index contributed by atoms with van der Waals surface area (Å²) in [7, 11) is 3.51. The molecule has 11 heteroatoms. The highest BCUT2D eigenvalue weighted by Gasteiger charge is 2.25. The van der Waals surface area contributed by atoms with Crippen LogP contribution in [0.4, 0.5) is 15.9 Å². The molecule has 0 fully saturated rings. The Bertz CT molecular complexity index is 1730. The normalized spacial score (nSPS) is 11.6. The first-order chi connectivity index (χ1) is 16.9. The molecule has 0 saturated carbocycles. The van der Waals surface area contributed by atoms with Crippen LogP contribution in [0.15, 0.2) is 61.3 Å². The van der Waals surface area contributed by atoms with Crippen LogP contribution in [0.1, 0.15) is 16.1 Å². The van der Waals surface area contributed by atoms with Gasteiger partial charge in [-0.05, 0) is 18.2 Å². The smallest absolute Gasteiger partial charge is 0.261 e. The third-order valence-corrected chi connectivity index (χ3v) is 6.01. The van der Waals surface area contributed by atoms with E-state index >= 15 is 4.39 Å². The van der Waals surface area contributed by atoms with Crippen LogP contribution in [0, 0.1) is 5.82 Å². The summed E-state index contributed by atoms with van der Waals surface area (Å²) in [4.78, 5) is 24.2. The molecule has 1 aromatic carbocycles. The molecular formula is C24H20FN9O. The molecule has 5 heterocycles. The second-order valence-corrected chi connectivity index (χ2v) is 8.34. The van der Waals surface area contributed by atoms with Gasteiger partial charge in [-0.3, -0.25) is 19.1 Å². The number of carbonyl (C=O) groups is 1. The molecule has 0 saturated heterocycles. The van der Waals surface area contributed by atoms with E-state index in [0.717, 1.165) is 5.65 Å². The monoisotopic (exact) mass is 469 g/mol. The number of nitrogens with zero attached hydrogens (tertiary/aromatic N) is 8. The Morgan fingerprint density at radius 3 is 2.71 bits per heavy atom. The second kappa shape index (κ2) is 7.62. The van der Waals surface area contributed by atoms with E-state index in [-0.39, 0.29) is 17.9 Å². The van der Waals surface area contributed by atoms with Crippen molar-refractivity contribution in [2.75, 3.05) is 10.6 Å². The summed E-state index contributed by atoms with van der Waals surface area (Å²) in [5.74, 6) is -0.968. The summed E-state index contributed by atoms with van der Waals surface area (Å²) in [5.41, 5.74) is 8.90. The van der Waals surface area contributed by atoms with Gasteiger partial charge in [0.15, 0.2) is 0 Å². The lowest BCUT2D eigenvalue weighted by atomic mass is 10.1. The fourth-order valence-corrected chi connectivity index (χ4v) is 4.34. The first-order valence-corrected chi connectivity index (χ1v) is 10.8. The third kappa shape index (κ3) is 3.36. The van der Waals surface area contributed by atoms with Crippen molar-refractivity contribution in [1.82, 2.24) is 33.9 Å². The molecule has 0 unspecified atom stereocenters. The number of carbonyl (C=O) groups excluding carboxylic acids is 1. The zero-order valence-corrected chi connectivity index (χ0v) is 18.9. The number of aryl methyl sites for hydroxylation is 2. The number of hydrogen-bond acceptors (Lipinski definition) is 6. The Hall–Kier alpha value is -4.80. The van der Waals surface area contributed by atoms with Crippen molar-refractivity contribution in [2.45, 2.75) is 6.54 Å². The van der Waals surface area contributed by atoms with Crippen LogP contribution < -0.4 is 10.6 Å². The van der Waals surface area contributed by atoms with E-state index in [0.29, 0.717) is 33.2 Å². The fourth-order valence-electron chi connectivity index (χ4n) is 4.34. The molecule has 0 aliphatic rings. The van der Waals surface area contributed by atoms with Crippen molar-refractivity contribution in [3.63, 3.8) is 0 Å². The van der Waals surface area contributed by atoms with Crippen LogP contribution in [-0.2, 0) is 20.6 Å². The van der Waals surface area contributed by atoms with Gasteiger partial charge in [-0.15, -0.1) is 0 Å². The van der Waals surface area contributed by atoms with E-state index in [9.17, 15) is 4.79 Å². The van der Waals surface area contributed by atoms with Crippen LogP contribution in [0.5, 0.6) is 0 Å². The maximum atomic E-state index is 15.3. The summed E-state index contributed by atoms with van der Waals surface area (Å²) < 4.78 is 20.4. The minimum Gasteiger partial charge on any atom is -0.383 e. The van der Waals surface area contributed by atoms with E-state index in [1.807, 2.05) is 35.0 Å². The molecule has 5 aromatic heterocycles.